The lowest BCUT2D eigenvalue weighted by molar-refractivity contribution is -0.147. The molecule has 2 N–H and O–H groups in total. The molecule has 1 aromatic carbocycles. The molecule has 0 radical (unpaired) electrons. The summed E-state index contributed by atoms with van der Waals surface area (Å²) in [7, 11) is -3.73. The number of hydrogen-bond donors (Lipinski definition) is 2. The Bertz CT molecular complexity index is 552. The summed E-state index contributed by atoms with van der Waals surface area (Å²) < 4.78 is 38.6. The Morgan fingerprint density at radius 1 is 1.32 bits per heavy atom. The minimum absolute atomic E-state index is 0.000982. The standard InChI is InChI=1S/C12H16FNO4S/c1-12(2,11(15)16)7-8-14-19(17,18)10-5-3-9(13)4-6-10/h3-6,14H,7-8H2,1-2H3,(H,15,16). The Balaban J connectivity index is 2.67. The summed E-state index contributed by atoms with van der Waals surface area (Å²) in [5.41, 5.74) is -1.01. The van der Waals surface area contributed by atoms with E-state index in [0.29, 0.717) is 0 Å². The van der Waals surface area contributed by atoms with Crippen LogP contribution in [0.1, 0.15) is 20.3 Å². The van der Waals surface area contributed by atoms with Gasteiger partial charge in [0, 0.05) is 6.54 Å². The molecule has 0 saturated heterocycles. The molecule has 0 heterocycles. The Kier molecular flexibility index (Phi) is 4.65. The maximum Gasteiger partial charge on any atom is 0.309 e. The summed E-state index contributed by atoms with van der Waals surface area (Å²) in [4.78, 5) is 10.8. The van der Waals surface area contributed by atoms with Crippen molar-refractivity contribution in [3.8, 4) is 0 Å². The van der Waals surface area contributed by atoms with Crippen molar-refractivity contribution in [3.05, 3.63) is 30.1 Å². The van der Waals surface area contributed by atoms with Crippen molar-refractivity contribution in [3.63, 3.8) is 0 Å². The van der Waals surface area contributed by atoms with Crippen molar-refractivity contribution in [1.29, 1.82) is 0 Å². The van der Waals surface area contributed by atoms with E-state index < -0.39 is 27.2 Å². The number of aliphatic carboxylic acids is 1. The Labute approximate surface area is 111 Å². The fourth-order valence-electron chi connectivity index (χ4n) is 1.30. The minimum atomic E-state index is -3.73. The lowest BCUT2D eigenvalue weighted by Crippen LogP contribution is -2.32. The number of sulfonamides is 1. The number of carboxylic acid groups (broad SMARTS) is 1. The summed E-state index contributed by atoms with van der Waals surface area (Å²) in [6, 6.07) is 4.41. The Morgan fingerprint density at radius 3 is 2.32 bits per heavy atom. The van der Waals surface area contributed by atoms with Crippen LogP contribution in [0.4, 0.5) is 4.39 Å². The van der Waals surface area contributed by atoms with Crippen molar-refractivity contribution in [1.82, 2.24) is 4.72 Å². The zero-order chi connectivity index (χ0) is 14.7. The molecule has 0 fully saturated rings. The van der Waals surface area contributed by atoms with E-state index in [9.17, 15) is 17.6 Å². The molecule has 0 aliphatic heterocycles. The zero-order valence-corrected chi connectivity index (χ0v) is 11.5. The number of carboxylic acids is 1. The molecule has 0 atom stereocenters. The highest BCUT2D eigenvalue weighted by Crippen LogP contribution is 2.20. The van der Waals surface area contributed by atoms with Crippen LogP contribution in [0.2, 0.25) is 0 Å². The van der Waals surface area contributed by atoms with E-state index in [1.807, 2.05) is 0 Å². The van der Waals surface area contributed by atoms with Crippen LogP contribution in [0.15, 0.2) is 29.2 Å². The number of nitrogens with one attached hydrogen (secondary N) is 1. The van der Waals surface area contributed by atoms with Crippen LogP contribution in [0.25, 0.3) is 0 Å². The molecule has 0 aromatic heterocycles. The monoisotopic (exact) mass is 289 g/mol. The Morgan fingerprint density at radius 2 is 1.84 bits per heavy atom. The molecule has 0 saturated carbocycles. The van der Waals surface area contributed by atoms with Crippen molar-refractivity contribution in [2.24, 2.45) is 5.41 Å². The number of halogens is 1. The van der Waals surface area contributed by atoms with Crippen molar-refractivity contribution in [2.45, 2.75) is 25.2 Å². The molecule has 0 unspecified atom stereocenters. The first-order valence-corrected chi connectivity index (χ1v) is 7.12. The first kappa shape index (κ1) is 15.6. The van der Waals surface area contributed by atoms with E-state index in [0.717, 1.165) is 24.3 Å². The molecular weight excluding hydrogens is 273 g/mol. The SMILES string of the molecule is CC(C)(CCNS(=O)(=O)c1ccc(F)cc1)C(=O)O. The highest BCUT2D eigenvalue weighted by molar-refractivity contribution is 7.89. The largest absolute Gasteiger partial charge is 0.481 e. The smallest absolute Gasteiger partial charge is 0.309 e. The third kappa shape index (κ3) is 4.29. The van der Waals surface area contributed by atoms with Gasteiger partial charge >= 0.3 is 5.97 Å². The summed E-state index contributed by atoms with van der Waals surface area (Å²) in [6.45, 7) is 3.03. The second-order valence-corrected chi connectivity index (χ2v) is 6.56. The summed E-state index contributed by atoms with van der Waals surface area (Å²) in [5, 5.41) is 8.90. The maximum atomic E-state index is 12.7. The van der Waals surface area contributed by atoms with Gasteiger partial charge in [-0.3, -0.25) is 4.79 Å². The van der Waals surface area contributed by atoms with Crippen LogP contribution in [0.3, 0.4) is 0 Å². The van der Waals surface area contributed by atoms with Crippen molar-refractivity contribution < 1.29 is 22.7 Å². The van der Waals surface area contributed by atoms with Gasteiger partial charge in [0.15, 0.2) is 0 Å². The van der Waals surface area contributed by atoms with Gasteiger partial charge in [0.05, 0.1) is 10.3 Å². The van der Waals surface area contributed by atoms with Gasteiger partial charge in [0.2, 0.25) is 10.0 Å². The van der Waals surface area contributed by atoms with E-state index in [4.69, 9.17) is 5.11 Å². The number of hydrogen-bond acceptors (Lipinski definition) is 3. The van der Waals surface area contributed by atoms with E-state index in [2.05, 4.69) is 4.72 Å². The molecule has 1 aromatic rings. The normalized spacial score (nSPS) is 12.4. The molecule has 0 aliphatic rings. The van der Waals surface area contributed by atoms with Crippen molar-refractivity contribution >= 4 is 16.0 Å². The molecule has 0 aliphatic carbocycles. The molecule has 106 valence electrons. The van der Waals surface area contributed by atoms with Crippen LogP contribution in [0, 0.1) is 11.2 Å². The average Bonchev–Trinajstić information content (AvgIpc) is 2.28. The minimum Gasteiger partial charge on any atom is -0.481 e. The van der Waals surface area contributed by atoms with E-state index in [1.165, 1.54) is 13.8 Å². The fourth-order valence-corrected chi connectivity index (χ4v) is 2.33. The molecule has 0 amide bonds. The topological polar surface area (TPSA) is 83.5 Å². The van der Waals surface area contributed by atoms with Crippen molar-refractivity contribution in [2.75, 3.05) is 6.54 Å². The average molecular weight is 289 g/mol. The first-order valence-electron chi connectivity index (χ1n) is 5.64. The zero-order valence-electron chi connectivity index (χ0n) is 10.7. The van der Waals surface area contributed by atoms with Crippen LogP contribution in [0.5, 0.6) is 0 Å². The van der Waals surface area contributed by atoms with Gasteiger partial charge in [-0.15, -0.1) is 0 Å². The number of benzene rings is 1. The molecule has 0 bridgehead atoms. The molecule has 19 heavy (non-hydrogen) atoms. The van der Waals surface area contributed by atoms with Crippen LogP contribution in [-0.4, -0.2) is 26.0 Å². The summed E-state index contributed by atoms with van der Waals surface area (Å²) in [5.74, 6) is -1.51. The second kappa shape index (κ2) is 5.66. The molecule has 0 spiro atoms. The Hall–Kier alpha value is -1.47. The van der Waals surface area contributed by atoms with Crippen LogP contribution in [-0.2, 0) is 14.8 Å². The van der Waals surface area contributed by atoms with Gasteiger partial charge in [-0.25, -0.2) is 17.5 Å². The van der Waals surface area contributed by atoms with Crippen LogP contribution < -0.4 is 4.72 Å². The van der Waals surface area contributed by atoms with Gasteiger partial charge in [-0.05, 0) is 44.5 Å². The predicted octanol–water partition coefficient (Wildman–Crippen LogP) is 1.60. The molecule has 5 nitrogen and oxygen atoms in total. The first-order chi connectivity index (χ1) is 8.65. The molecule has 7 heteroatoms. The summed E-state index contributed by atoms with van der Waals surface area (Å²) >= 11 is 0. The van der Waals surface area contributed by atoms with Gasteiger partial charge in [0.25, 0.3) is 0 Å². The van der Waals surface area contributed by atoms with Gasteiger partial charge in [-0.1, -0.05) is 0 Å². The van der Waals surface area contributed by atoms with E-state index in [1.54, 1.807) is 0 Å². The van der Waals surface area contributed by atoms with E-state index in [-0.39, 0.29) is 17.9 Å². The maximum absolute atomic E-state index is 12.7. The summed E-state index contributed by atoms with van der Waals surface area (Å²) in [6.07, 6.45) is 0.156. The quantitative estimate of drug-likeness (QED) is 0.833. The highest BCUT2D eigenvalue weighted by atomic mass is 32.2. The lowest BCUT2D eigenvalue weighted by atomic mass is 9.90. The predicted molar refractivity (Wildman–Crippen MR) is 67.6 cm³/mol. The lowest BCUT2D eigenvalue weighted by Gasteiger charge is -2.18. The third-order valence-electron chi connectivity index (χ3n) is 2.74. The number of rotatable bonds is 6. The fraction of sp³-hybridized carbons (Fsp3) is 0.417. The van der Waals surface area contributed by atoms with Gasteiger partial charge in [0.1, 0.15) is 5.82 Å². The van der Waals surface area contributed by atoms with Gasteiger partial charge in [-0.2, -0.15) is 0 Å². The van der Waals surface area contributed by atoms with E-state index >= 15 is 0 Å². The third-order valence-corrected chi connectivity index (χ3v) is 4.22. The number of carbonyl (C=O) groups is 1. The highest BCUT2D eigenvalue weighted by Gasteiger charge is 2.27. The van der Waals surface area contributed by atoms with Gasteiger partial charge < -0.3 is 5.11 Å². The van der Waals surface area contributed by atoms with Crippen LogP contribution >= 0.6 is 0 Å². The second-order valence-electron chi connectivity index (χ2n) is 4.79. The molecular formula is C12H16FNO4S. The molecule has 1 rings (SSSR count).